The molecule has 1 spiro atoms. The van der Waals surface area contributed by atoms with Gasteiger partial charge in [-0.3, -0.25) is 5.01 Å². The standard InChI is InChI=1S/C14H18ClN3S/c1-10-4-2-3-9-14(10)16-13(19)18(17-14)12-7-5-11(15)6-8-12/h5-8,10,17H,2-4,9H2,1H3,(H,16,19)/t10-,14+/m1/s1. The molecule has 3 rings (SSSR count). The van der Waals surface area contributed by atoms with Gasteiger partial charge in [0.25, 0.3) is 0 Å². The van der Waals surface area contributed by atoms with E-state index in [4.69, 9.17) is 23.8 Å². The molecular weight excluding hydrogens is 278 g/mol. The van der Waals surface area contributed by atoms with Crippen LogP contribution in [0, 0.1) is 5.92 Å². The largest absolute Gasteiger partial charge is 0.341 e. The van der Waals surface area contributed by atoms with Crippen LogP contribution in [0.4, 0.5) is 5.69 Å². The van der Waals surface area contributed by atoms with Crippen molar-refractivity contribution in [3.63, 3.8) is 0 Å². The van der Waals surface area contributed by atoms with E-state index in [1.807, 2.05) is 29.3 Å². The molecule has 0 bridgehead atoms. The van der Waals surface area contributed by atoms with Gasteiger partial charge in [0.15, 0.2) is 5.11 Å². The number of hydrogen-bond acceptors (Lipinski definition) is 2. The number of halogens is 1. The van der Waals surface area contributed by atoms with Gasteiger partial charge >= 0.3 is 0 Å². The minimum Gasteiger partial charge on any atom is -0.341 e. The first-order valence-corrected chi connectivity index (χ1v) is 7.55. The van der Waals surface area contributed by atoms with Crippen molar-refractivity contribution in [1.82, 2.24) is 10.7 Å². The van der Waals surface area contributed by atoms with Crippen LogP contribution in [-0.2, 0) is 0 Å². The Hall–Kier alpha value is -0.840. The van der Waals surface area contributed by atoms with Gasteiger partial charge in [-0.2, -0.15) is 0 Å². The van der Waals surface area contributed by atoms with Crippen molar-refractivity contribution in [2.24, 2.45) is 5.92 Å². The first-order valence-electron chi connectivity index (χ1n) is 6.76. The molecule has 2 atom stereocenters. The Morgan fingerprint density at radius 1 is 1.32 bits per heavy atom. The molecule has 0 amide bonds. The lowest BCUT2D eigenvalue weighted by atomic mass is 9.81. The molecule has 102 valence electrons. The molecule has 0 unspecified atom stereocenters. The molecule has 0 radical (unpaired) electrons. The number of hydrogen-bond donors (Lipinski definition) is 2. The zero-order chi connectivity index (χ0) is 13.5. The van der Waals surface area contributed by atoms with E-state index < -0.39 is 0 Å². The lowest BCUT2D eigenvalue weighted by Gasteiger charge is -2.39. The smallest absolute Gasteiger partial charge is 0.189 e. The van der Waals surface area contributed by atoms with E-state index >= 15 is 0 Å². The molecule has 1 aliphatic carbocycles. The first-order chi connectivity index (χ1) is 9.11. The van der Waals surface area contributed by atoms with Crippen molar-refractivity contribution >= 4 is 34.6 Å². The van der Waals surface area contributed by atoms with Crippen LogP contribution in [0.3, 0.4) is 0 Å². The van der Waals surface area contributed by atoms with Crippen LogP contribution < -0.4 is 15.8 Å². The summed E-state index contributed by atoms with van der Waals surface area (Å²) >= 11 is 11.4. The maximum absolute atomic E-state index is 5.93. The minimum absolute atomic E-state index is 0.0744. The average molecular weight is 296 g/mol. The van der Waals surface area contributed by atoms with Gasteiger partial charge in [-0.1, -0.05) is 24.9 Å². The molecule has 1 aromatic rings. The normalized spacial score (nSPS) is 30.7. The van der Waals surface area contributed by atoms with Crippen LogP contribution >= 0.6 is 23.8 Å². The summed E-state index contributed by atoms with van der Waals surface area (Å²) in [5.74, 6) is 0.566. The van der Waals surface area contributed by atoms with Crippen LogP contribution in [0.15, 0.2) is 24.3 Å². The molecule has 1 aromatic carbocycles. The predicted octanol–water partition coefficient (Wildman–Crippen LogP) is 3.45. The first kappa shape index (κ1) is 13.2. The summed E-state index contributed by atoms with van der Waals surface area (Å²) < 4.78 is 0. The number of nitrogens with one attached hydrogen (secondary N) is 2. The highest BCUT2D eigenvalue weighted by Gasteiger charge is 2.45. The fraction of sp³-hybridized carbons (Fsp3) is 0.500. The van der Waals surface area contributed by atoms with E-state index in [2.05, 4.69) is 17.7 Å². The van der Waals surface area contributed by atoms with E-state index in [9.17, 15) is 0 Å². The highest BCUT2D eigenvalue weighted by atomic mass is 35.5. The van der Waals surface area contributed by atoms with E-state index in [0.717, 1.165) is 22.2 Å². The Morgan fingerprint density at radius 3 is 2.74 bits per heavy atom. The van der Waals surface area contributed by atoms with Gasteiger partial charge in [0, 0.05) is 5.02 Å². The fourth-order valence-electron chi connectivity index (χ4n) is 3.00. The molecule has 1 aliphatic heterocycles. The van der Waals surface area contributed by atoms with E-state index in [-0.39, 0.29) is 5.66 Å². The number of nitrogens with zero attached hydrogens (tertiary/aromatic N) is 1. The van der Waals surface area contributed by atoms with Crippen molar-refractivity contribution in [3.8, 4) is 0 Å². The van der Waals surface area contributed by atoms with Crippen molar-refractivity contribution in [2.75, 3.05) is 5.01 Å². The lowest BCUT2D eigenvalue weighted by Crippen LogP contribution is -2.57. The van der Waals surface area contributed by atoms with Crippen molar-refractivity contribution in [1.29, 1.82) is 0 Å². The summed E-state index contributed by atoms with van der Waals surface area (Å²) in [6, 6.07) is 7.73. The van der Waals surface area contributed by atoms with Gasteiger partial charge in [-0.25, -0.2) is 5.43 Å². The molecule has 5 heteroatoms. The Labute approximate surface area is 124 Å². The van der Waals surface area contributed by atoms with Crippen molar-refractivity contribution in [2.45, 2.75) is 38.3 Å². The van der Waals surface area contributed by atoms with E-state index in [1.54, 1.807) is 0 Å². The zero-order valence-electron chi connectivity index (χ0n) is 10.9. The number of rotatable bonds is 1. The lowest BCUT2D eigenvalue weighted by molar-refractivity contribution is 0.158. The number of hydrazine groups is 1. The fourth-order valence-corrected chi connectivity index (χ4v) is 3.46. The molecular formula is C14H18ClN3S. The molecule has 3 nitrogen and oxygen atoms in total. The second-order valence-electron chi connectivity index (χ2n) is 5.47. The summed E-state index contributed by atoms with van der Waals surface area (Å²) in [6.07, 6.45) is 4.89. The SMILES string of the molecule is C[C@@H]1CCCC[C@@]12NC(=S)N(c1ccc(Cl)cc1)N2. The van der Waals surface area contributed by atoms with Crippen LogP contribution in [0.5, 0.6) is 0 Å². The summed E-state index contributed by atoms with van der Waals surface area (Å²) in [4.78, 5) is 0. The molecule has 2 N–H and O–H groups in total. The van der Waals surface area contributed by atoms with Gasteiger partial charge in [-0.15, -0.1) is 0 Å². The highest BCUT2D eigenvalue weighted by Crippen LogP contribution is 2.35. The Bertz CT molecular complexity index is 490. The molecule has 1 saturated heterocycles. The van der Waals surface area contributed by atoms with E-state index in [1.165, 1.54) is 19.3 Å². The summed E-state index contributed by atoms with van der Waals surface area (Å²) in [5, 5.41) is 6.95. The van der Waals surface area contributed by atoms with Crippen LogP contribution in [0.1, 0.15) is 32.6 Å². The summed E-state index contributed by atoms with van der Waals surface area (Å²) in [6.45, 7) is 2.28. The van der Waals surface area contributed by atoms with Gasteiger partial charge in [0.05, 0.1) is 5.69 Å². The quantitative estimate of drug-likeness (QED) is 0.776. The van der Waals surface area contributed by atoms with Gasteiger partial charge in [0.2, 0.25) is 0 Å². The van der Waals surface area contributed by atoms with Crippen molar-refractivity contribution in [3.05, 3.63) is 29.3 Å². The maximum Gasteiger partial charge on any atom is 0.189 e. The predicted molar refractivity (Wildman–Crippen MR) is 83.2 cm³/mol. The monoisotopic (exact) mass is 295 g/mol. The number of anilines is 1. The van der Waals surface area contributed by atoms with Crippen molar-refractivity contribution < 1.29 is 0 Å². The van der Waals surface area contributed by atoms with Crippen LogP contribution in [-0.4, -0.2) is 10.8 Å². The molecule has 2 fully saturated rings. The molecule has 2 aliphatic rings. The van der Waals surface area contributed by atoms with Crippen LogP contribution in [0.25, 0.3) is 0 Å². The summed E-state index contributed by atoms with van der Waals surface area (Å²) in [7, 11) is 0. The number of benzene rings is 1. The third-order valence-electron chi connectivity index (χ3n) is 4.23. The molecule has 0 aromatic heterocycles. The third kappa shape index (κ3) is 2.33. The zero-order valence-corrected chi connectivity index (χ0v) is 12.5. The minimum atomic E-state index is -0.0744. The second-order valence-corrected chi connectivity index (χ2v) is 6.30. The molecule has 19 heavy (non-hydrogen) atoms. The maximum atomic E-state index is 5.93. The Morgan fingerprint density at radius 2 is 2.05 bits per heavy atom. The Balaban J connectivity index is 1.85. The highest BCUT2D eigenvalue weighted by molar-refractivity contribution is 7.80. The average Bonchev–Trinajstić information content (AvgIpc) is 2.73. The van der Waals surface area contributed by atoms with Crippen LogP contribution in [0.2, 0.25) is 5.02 Å². The summed E-state index contributed by atoms with van der Waals surface area (Å²) in [5.41, 5.74) is 4.53. The number of thiocarbonyl (C=S) groups is 1. The third-order valence-corrected chi connectivity index (χ3v) is 4.77. The Kier molecular flexibility index (Phi) is 3.41. The molecule has 1 saturated carbocycles. The molecule has 1 heterocycles. The van der Waals surface area contributed by atoms with Gasteiger partial charge in [0.1, 0.15) is 5.66 Å². The van der Waals surface area contributed by atoms with Gasteiger partial charge in [-0.05, 0) is 61.7 Å². The second kappa shape index (κ2) is 4.93. The van der Waals surface area contributed by atoms with Gasteiger partial charge < -0.3 is 5.32 Å². The van der Waals surface area contributed by atoms with E-state index in [0.29, 0.717) is 5.92 Å². The topological polar surface area (TPSA) is 27.3 Å².